The van der Waals surface area contributed by atoms with E-state index in [1.807, 2.05) is 30.3 Å². The highest BCUT2D eigenvalue weighted by Crippen LogP contribution is 2.18. The van der Waals surface area contributed by atoms with E-state index in [1.165, 1.54) is 18.4 Å². The van der Waals surface area contributed by atoms with Crippen molar-refractivity contribution < 1.29 is 14.3 Å². The fraction of sp³-hybridized carbons (Fsp3) is 0.375. The monoisotopic (exact) mass is 333 g/mol. The van der Waals surface area contributed by atoms with Crippen LogP contribution in [0.15, 0.2) is 30.3 Å². The van der Waals surface area contributed by atoms with Crippen LogP contribution in [-0.4, -0.2) is 29.2 Å². The summed E-state index contributed by atoms with van der Waals surface area (Å²) in [5, 5.41) is 12.2. The number of nitrogens with one attached hydrogen (secondary N) is 1. The molecule has 0 radical (unpaired) electrons. The lowest BCUT2D eigenvalue weighted by Gasteiger charge is -2.01. The molecule has 0 fully saturated rings. The van der Waals surface area contributed by atoms with Gasteiger partial charge in [-0.3, -0.25) is 9.59 Å². The molecule has 6 nitrogen and oxygen atoms in total. The molecule has 0 unspecified atom stereocenters. The molecule has 122 valence electrons. The van der Waals surface area contributed by atoms with Gasteiger partial charge in [-0.05, 0) is 18.4 Å². The van der Waals surface area contributed by atoms with Crippen LogP contribution in [0.4, 0.5) is 5.13 Å². The van der Waals surface area contributed by atoms with Gasteiger partial charge < -0.3 is 10.1 Å². The first kappa shape index (κ1) is 17.1. The average molecular weight is 333 g/mol. The number of hydrogen-bond donors (Lipinski definition) is 1. The molecule has 0 spiro atoms. The van der Waals surface area contributed by atoms with E-state index < -0.39 is 0 Å². The van der Waals surface area contributed by atoms with Crippen molar-refractivity contribution in [3.05, 3.63) is 40.9 Å². The Morgan fingerprint density at radius 1 is 1.13 bits per heavy atom. The van der Waals surface area contributed by atoms with Gasteiger partial charge in [0.2, 0.25) is 11.0 Å². The first-order chi connectivity index (χ1) is 11.2. The Morgan fingerprint density at radius 2 is 1.87 bits per heavy atom. The molecule has 0 saturated carbocycles. The molecule has 1 heterocycles. The van der Waals surface area contributed by atoms with E-state index in [4.69, 9.17) is 0 Å². The molecule has 2 rings (SSSR count). The molecule has 0 saturated heterocycles. The van der Waals surface area contributed by atoms with Crippen LogP contribution in [0, 0.1) is 0 Å². The van der Waals surface area contributed by atoms with Crippen LogP contribution >= 0.6 is 11.3 Å². The van der Waals surface area contributed by atoms with E-state index in [2.05, 4.69) is 20.3 Å². The summed E-state index contributed by atoms with van der Waals surface area (Å²) < 4.78 is 4.55. The van der Waals surface area contributed by atoms with E-state index >= 15 is 0 Å². The highest BCUT2D eigenvalue weighted by atomic mass is 32.1. The average Bonchev–Trinajstić information content (AvgIpc) is 2.99. The van der Waals surface area contributed by atoms with Gasteiger partial charge in [-0.15, -0.1) is 10.2 Å². The van der Waals surface area contributed by atoms with Crippen LogP contribution in [0.25, 0.3) is 0 Å². The highest BCUT2D eigenvalue weighted by Gasteiger charge is 2.09. The Bertz CT molecular complexity index is 643. The van der Waals surface area contributed by atoms with Gasteiger partial charge in [0.15, 0.2) is 0 Å². The zero-order valence-corrected chi connectivity index (χ0v) is 13.8. The Morgan fingerprint density at radius 3 is 2.61 bits per heavy atom. The predicted molar refractivity (Wildman–Crippen MR) is 88.3 cm³/mol. The smallest absolute Gasteiger partial charge is 0.305 e. The summed E-state index contributed by atoms with van der Waals surface area (Å²) in [6.07, 6.45) is 2.66. The largest absolute Gasteiger partial charge is 0.469 e. The van der Waals surface area contributed by atoms with Crippen molar-refractivity contribution in [3.8, 4) is 0 Å². The maximum absolute atomic E-state index is 11.8. The lowest BCUT2D eigenvalue weighted by Crippen LogP contribution is -2.11. The third-order valence-corrected chi connectivity index (χ3v) is 4.01. The third-order valence-electron chi connectivity index (χ3n) is 3.17. The van der Waals surface area contributed by atoms with Crippen molar-refractivity contribution in [1.82, 2.24) is 10.2 Å². The molecule has 0 aliphatic rings. The van der Waals surface area contributed by atoms with Crippen molar-refractivity contribution in [3.63, 3.8) is 0 Å². The second-order valence-electron chi connectivity index (χ2n) is 4.99. The number of rotatable bonds is 8. The number of esters is 1. The Kier molecular flexibility index (Phi) is 6.68. The molecule has 7 heteroatoms. The van der Waals surface area contributed by atoms with Gasteiger partial charge in [0.05, 0.1) is 7.11 Å². The standard InChI is InChI=1S/C16H19N3O3S/c1-22-15(21)10-6-5-9-13(20)17-16-19-18-14(23-16)11-12-7-3-2-4-8-12/h2-4,7-8H,5-6,9-11H2,1H3,(H,17,19,20). The number of methoxy groups -OCH3 is 1. The van der Waals surface area contributed by atoms with Crippen molar-refractivity contribution >= 4 is 28.3 Å². The molecule has 1 N–H and O–H groups in total. The van der Waals surface area contributed by atoms with E-state index in [0.717, 1.165) is 10.6 Å². The van der Waals surface area contributed by atoms with Crippen LogP contribution < -0.4 is 5.32 Å². The summed E-state index contributed by atoms with van der Waals surface area (Å²) in [6.45, 7) is 0. The number of amides is 1. The quantitative estimate of drug-likeness (QED) is 0.593. The van der Waals surface area contributed by atoms with E-state index in [9.17, 15) is 9.59 Å². The number of nitrogens with zero attached hydrogens (tertiary/aromatic N) is 2. The van der Waals surface area contributed by atoms with Crippen LogP contribution in [-0.2, 0) is 20.7 Å². The number of benzene rings is 1. The van der Waals surface area contributed by atoms with Gasteiger partial charge in [-0.25, -0.2) is 0 Å². The van der Waals surface area contributed by atoms with Crippen molar-refractivity contribution in [1.29, 1.82) is 0 Å². The summed E-state index contributed by atoms with van der Waals surface area (Å²) in [6, 6.07) is 9.98. The minimum Gasteiger partial charge on any atom is -0.469 e. The molecule has 2 aromatic rings. The summed E-state index contributed by atoms with van der Waals surface area (Å²) >= 11 is 1.38. The number of hydrogen-bond acceptors (Lipinski definition) is 6. The maximum atomic E-state index is 11.8. The van der Waals surface area contributed by atoms with E-state index in [0.29, 0.717) is 37.2 Å². The molecule has 1 aromatic carbocycles. The lowest BCUT2D eigenvalue weighted by atomic mass is 10.2. The summed E-state index contributed by atoms with van der Waals surface area (Å²) in [5.41, 5.74) is 1.16. The van der Waals surface area contributed by atoms with E-state index in [1.54, 1.807) is 0 Å². The van der Waals surface area contributed by atoms with Crippen LogP contribution in [0.2, 0.25) is 0 Å². The predicted octanol–water partition coefficient (Wildman–Crippen LogP) is 2.80. The first-order valence-electron chi connectivity index (χ1n) is 7.40. The summed E-state index contributed by atoms with van der Waals surface area (Å²) in [5.74, 6) is -0.364. The summed E-state index contributed by atoms with van der Waals surface area (Å²) in [4.78, 5) is 22.8. The number of carbonyl (C=O) groups is 2. The van der Waals surface area contributed by atoms with Gasteiger partial charge in [0, 0.05) is 19.3 Å². The topological polar surface area (TPSA) is 81.2 Å². The molecular weight excluding hydrogens is 314 g/mol. The molecule has 23 heavy (non-hydrogen) atoms. The van der Waals surface area contributed by atoms with Gasteiger partial charge in [-0.2, -0.15) is 0 Å². The molecular formula is C16H19N3O3S. The zero-order valence-electron chi connectivity index (χ0n) is 12.9. The third kappa shape index (κ3) is 6.15. The lowest BCUT2D eigenvalue weighted by molar-refractivity contribution is -0.140. The maximum Gasteiger partial charge on any atom is 0.305 e. The van der Waals surface area contributed by atoms with Crippen LogP contribution in [0.5, 0.6) is 0 Å². The molecule has 0 aliphatic heterocycles. The van der Waals surface area contributed by atoms with Gasteiger partial charge in [-0.1, -0.05) is 41.7 Å². The molecule has 0 bridgehead atoms. The number of anilines is 1. The first-order valence-corrected chi connectivity index (χ1v) is 8.22. The zero-order chi connectivity index (χ0) is 16.5. The van der Waals surface area contributed by atoms with Gasteiger partial charge in [0.25, 0.3) is 0 Å². The van der Waals surface area contributed by atoms with Crippen molar-refractivity contribution in [2.75, 3.05) is 12.4 Å². The fourth-order valence-corrected chi connectivity index (χ4v) is 2.77. The second kappa shape index (κ2) is 8.99. The number of ether oxygens (including phenoxy) is 1. The highest BCUT2D eigenvalue weighted by molar-refractivity contribution is 7.15. The van der Waals surface area contributed by atoms with Gasteiger partial charge in [0.1, 0.15) is 5.01 Å². The normalized spacial score (nSPS) is 10.3. The molecule has 1 amide bonds. The number of unbranched alkanes of at least 4 members (excludes halogenated alkanes) is 1. The van der Waals surface area contributed by atoms with Crippen LogP contribution in [0.3, 0.4) is 0 Å². The van der Waals surface area contributed by atoms with E-state index in [-0.39, 0.29) is 11.9 Å². The minimum absolute atomic E-state index is 0.114. The van der Waals surface area contributed by atoms with Gasteiger partial charge >= 0.3 is 5.97 Å². The molecule has 0 aliphatic carbocycles. The van der Waals surface area contributed by atoms with Crippen molar-refractivity contribution in [2.45, 2.75) is 32.1 Å². The number of carbonyl (C=O) groups excluding carboxylic acids is 2. The minimum atomic E-state index is -0.250. The SMILES string of the molecule is COC(=O)CCCCC(=O)Nc1nnc(Cc2ccccc2)s1. The van der Waals surface area contributed by atoms with Crippen molar-refractivity contribution in [2.24, 2.45) is 0 Å². The number of aromatic nitrogens is 2. The Balaban J connectivity index is 1.73. The molecule has 1 aromatic heterocycles. The Hall–Kier alpha value is -2.28. The summed E-state index contributed by atoms with van der Waals surface area (Å²) in [7, 11) is 1.36. The fourth-order valence-electron chi connectivity index (χ4n) is 1.98. The molecule has 0 atom stereocenters. The Labute approximate surface area is 138 Å². The second-order valence-corrected chi connectivity index (χ2v) is 6.06. The van der Waals surface area contributed by atoms with Crippen LogP contribution in [0.1, 0.15) is 36.3 Å².